The van der Waals surface area contributed by atoms with E-state index in [0.717, 1.165) is 24.2 Å². The zero-order valence-corrected chi connectivity index (χ0v) is 15.4. The summed E-state index contributed by atoms with van der Waals surface area (Å²) in [5, 5.41) is 5.60. The average molecular weight is 347 g/mol. The number of rotatable bonds is 7. The largest absolute Gasteiger partial charge is 0.497 e. The van der Waals surface area contributed by atoms with Crippen molar-refractivity contribution in [3.8, 4) is 5.75 Å². The van der Waals surface area contributed by atoms with E-state index in [9.17, 15) is 4.79 Å². The third-order valence-electron chi connectivity index (χ3n) is 4.76. The minimum atomic E-state index is 0.0286. The van der Waals surface area contributed by atoms with E-state index in [1.807, 2.05) is 36.4 Å². The lowest BCUT2D eigenvalue weighted by atomic mass is 10.00. The highest BCUT2D eigenvalue weighted by Gasteiger charge is 2.13. The highest BCUT2D eigenvalue weighted by molar-refractivity contribution is 5.86. The van der Waals surface area contributed by atoms with Crippen LogP contribution in [-0.4, -0.2) is 13.0 Å². The van der Waals surface area contributed by atoms with Crippen LogP contribution in [0, 0.1) is 0 Å². The van der Waals surface area contributed by atoms with Crippen molar-refractivity contribution < 1.29 is 9.53 Å². The van der Waals surface area contributed by atoms with Crippen molar-refractivity contribution in [1.29, 1.82) is 0 Å². The van der Waals surface area contributed by atoms with E-state index in [-0.39, 0.29) is 11.9 Å². The number of fused-ring (bicyclic) bond motifs is 1. The maximum atomic E-state index is 12.5. The zero-order valence-electron chi connectivity index (χ0n) is 15.4. The SMILES string of the molecule is CCC(NC(=O)CCc1cccc2ccccc12)c1ccc(OC)cc1. The fraction of sp³-hybridized carbons (Fsp3) is 0.261. The normalized spacial score (nSPS) is 11.9. The fourth-order valence-electron chi connectivity index (χ4n) is 3.28. The molecule has 0 heterocycles. The first-order valence-electron chi connectivity index (χ1n) is 9.11. The molecule has 1 amide bonds. The number of hydrogen-bond acceptors (Lipinski definition) is 2. The summed E-state index contributed by atoms with van der Waals surface area (Å²) in [5.74, 6) is 0.909. The van der Waals surface area contributed by atoms with Crippen molar-refractivity contribution in [3.05, 3.63) is 77.9 Å². The van der Waals surface area contributed by atoms with Gasteiger partial charge in [0, 0.05) is 6.42 Å². The Labute approximate surface area is 155 Å². The molecule has 26 heavy (non-hydrogen) atoms. The monoisotopic (exact) mass is 347 g/mol. The molecule has 0 saturated heterocycles. The van der Waals surface area contributed by atoms with Crippen LogP contribution >= 0.6 is 0 Å². The Kier molecular flexibility index (Phi) is 5.90. The number of amides is 1. The molecule has 0 aromatic heterocycles. The van der Waals surface area contributed by atoms with Gasteiger partial charge in [-0.15, -0.1) is 0 Å². The Bertz CT molecular complexity index is 866. The second kappa shape index (κ2) is 8.52. The molecule has 3 nitrogen and oxygen atoms in total. The summed E-state index contributed by atoms with van der Waals surface area (Å²) in [5.41, 5.74) is 2.32. The van der Waals surface area contributed by atoms with Gasteiger partial charge >= 0.3 is 0 Å². The Morgan fingerprint density at radius 1 is 1.00 bits per heavy atom. The number of ether oxygens (including phenoxy) is 1. The van der Waals surface area contributed by atoms with Crippen LogP contribution < -0.4 is 10.1 Å². The van der Waals surface area contributed by atoms with Gasteiger partial charge in [0.05, 0.1) is 13.2 Å². The number of hydrogen-bond donors (Lipinski definition) is 1. The van der Waals surface area contributed by atoms with Gasteiger partial charge in [-0.25, -0.2) is 0 Å². The van der Waals surface area contributed by atoms with Crippen LogP contribution in [0.15, 0.2) is 66.7 Å². The Balaban J connectivity index is 1.63. The van der Waals surface area contributed by atoms with Gasteiger partial charge in [0.2, 0.25) is 5.91 Å². The second-order valence-corrected chi connectivity index (χ2v) is 6.44. The van der Waals surface area contributed by atoms with Crippen LogP contribution in [0.2, 0.25) is 0 Å². The van der Waals surface area contributed by atoms with Crippen LogP contribution in [-0.2, 0) is 11.2 Å². The predicted octanol–water partition coefficient (Wildman–Crippen LogP) is 5.05. The minimum absolute atomic E-state index is 0.0286. The lowest BCUT2D eigenvalue weighted by Crippen LogP contribution is -2.28. The number of benzene rings is 3. The number of carbonyl (C=O) groups is 1. The maximum absolute atomic E-state index is 12.5. The van der Waals surface area contributed by atoms with E-state index in [4.69, 9.17) is 4.74 Å². The summed E-state index contributed by atoms with van der Waals surface area (Å²) in [7, 11) is 1.65. The number of methoxy groups -OCH3 is 1. The van der Waals surface area contributed by atoms with Gasteiger partial charge in [-0.05, 0) is 46.9 Å². The van der Waals surface area contributed by atoms with Gasteiger partial charge in [-0.1, -0.05) is 61.5 Å². The van der Waals surface area contributed by atoms with Gasteiger partial charge in [0.1, 0.15) is 5.75 Å². The van der Waals surface area contributed by atoms with Crippen LogP contribution in [0.4, 0.5) is 0 Å². The van der Waals surface area contributed by atoms with Gasteiger partial charge in [-0.2, -0.15) is 0 Å². The van der Waals surface area contributed by atoms with Crippen LogP contribution in [0.1, 0.15) is 36.9 Å². The van der Waals surface area contributed by atoms with E-state index in [2.05, 4.69) is 42.6 Å². The molecule has 3 aromatic rings. The standard InChI is InChI=1S/C23H25NO2/c1-3-22(19-11-14-20(26-2)15-12-19)24-23(25)16-13-18-9-6-8-17-7-4-5-10-21(17)18/h4-12,14-15,22H,3,13,16H2,1-2H3,(H,24,25). The lowest BCUT2D eigenvalue weighted by Gasteiger charge is -2.18. The summed E-state index contributed by atoms with van der Waals surface area (Å²) < 4.78 is 5.20. The summed E-state index contributed by atoms with van der Waals surface area (Å²) in [4.78, 5) is 12.5. The molecule has 3 aromatic carbocycles. The van der Waals surface area contributed by atoms with Crippen LogP contribution in [0.3, 0.4) is 0 Å². The Morgan fingerprint density at radius 3 is 2.46 bits per heavy atom. The maximum Gasteiger partial charge on any atom is 0.220 e. The van der Waals surface area contributed by atoms with Gasteiger partial charge in [0.25, 0.3) is 0 Å². The number of carbonyl (C=O) groups excluding carboxylic acids is 1. The second-order valence-electron chi connectivity index (χ2n) is 6.44. The Hall–Kier alpha value is -2.81. The highest BCUT2D eigenvalue weighted by atomic mass is 16.5. The molecular formula is C23H25NO2. The molecule has 3 rings (SSSR count). The average Bonchev–Trinajstić information content (AvgIpc) is 2.70. The molecule has 134 valence electrons. The molecule has 0 aliphatic heterocycles. The quantitative estimate of drug-likeness (QED) is 0.649. The molecule has 0 aliphatic carbocycles. The molecular weight excluding hydrogens is 322 g/mol. The van der Waals surface area contributed by atoms with Crippen molar-refractivity contribution in [2.75, 3.05) is 7.11 Å². The van der Waals surface area contributed by atoms with E-state index in [1.165, 1.54) is 16.3 Å². The van der Waals surface area contributed by atoms with E-state index in [0.29, 0.717) is 6.42 Å². The topological polar surface area (TPSA) is 38.3 Å². The number of aryl methyl sites for hydroxylation is 1. The summed E-state index contributed by atoms with van der Waals surface area (Å²) in [6.45, 7) is 2.08. The molecule has 0 bridgehead atoms. The molecule has 3 heteroatoms. The van der Waals surface area contributed by atoms with Crippen molar-refractivity contribution in [1.82, 2.24) is 5.32 Å². The fourth-order valence-corrected chi connectivity index (χ4v) is 3.28. The third kappa shape index (κ3) is 4.23. The predicted molar refractivity (Wildman–Crippen MR) is 106 cm³/mol. The Morgan fingerprint density at radius 2 is 1.73 bits per heavy atom. The first-order chi connectivity index (χ1) is 12.7. The molecule has 0 aliphatic rings. The lowest BCUT2D eigenvalue weighted by molar-refractivity contribution is -0.121. The van der Waals surface area contributed by atoms with E-state index in [1.54, 1.807) is 7.11 Å². The third-order valence-corrected chi connectivity index (χ3v) is 4.76. The van der Waals surface area contributed by atoms with Gasteiger partial charge in [-0.3, -0.25) is 4.79 Å². The summed E-state index contributed by atoms with van der Waals surface area (Å²) >= 11 is 0. The summed E-state index contributed by atoms with van der Waals surface area (Å²) in [6.07, 6.45) is 2.08. The van der Waals surface area contributed by atoms with Crippen molar-refractivity contribution in [2.45, 2.75) is 32.2 Å². The van der Waals surface area contributed by atoms with Gasteiger partial charge < -0.3 is 10.1 Å². The zero-order chi connectivity index (χ0) is 18.4. The smallest absolute Gasteiger partial charge is 0.220 e. The van der Waals surface area contributed by atoms with Crippen LogP contribution in [0.25, 0.3) is 10.8 Å². The van der Waals surface area contributed by atoms with Crippen molar-refractivity contribution in [3.63, 3.8) is 0 Å². The molecule has 0 fully saturated rings. The first kappa shape index (κ1) is 18.0. The molecule has 0 spiro atoms. The highest BCUT2D eigenvalue weighted by Crippen LogP contribution is 2.22. The van der Waals surface area contributed by atoms with Crippen molar-refractivity contribution >= 4 is 16.7 Å². The molecule has 0 radical (unpaired) electrons. The van der Waals surface area contributed by atoms with E-state index < -0.39 is 0 Å². The number of nitrogens with one attached hydrogen (secondary N) is 1. The molecule has 1 N–H and O–H groups in total. The van der Waals surface area contributed by atoms with E-state index >= 15 is 0 Å². The van der Waals surface area contributed by atoms with Crippen molar-refractivity contribution in [2.24, 2.45) is 0 Å². The molecule has 1 atom stereocenters. The summed E-state index contributed by atoms with van der Waals surface area (Å²) in [6, 6.07) is 22.5. The molecule has 1 unspecified atom stereocenters. The minimum Gasteiger partial charge on any atom is -0.497 e. The van der Waals surface area contributed by atoms with Gasteiger partial charge in [0.15, 0.2) is 0 Å². The first-order valence-corrected chi connectivity index (χ1v) is 9.11. The van der Waals surface area contributed by atoms with Crippen LogP contribution in [0.5, 0.6) is 5.75 Å². The molecule has 0 saturated carbocycles.